The number of carbonyl (C=O) groups excluding carboxylic acids is 2. The lowest BCUT2D eigenvalue weighted by atomic mass is 10.1. The van der Waals surface area contributed by atoms with Crippen LogP contribution in [-0.2, 0) is 11.3 Å². The molecule has 0 bridgehead atoms. The fraction of sp³-hybridized carbons (Fsp3) is 0.333. The summed E-state index contributed by atoms with van der Waals surface area (Å²) >= 11 is 1.55. The Morgan fingerprint density at radius 3 is 2.57 bits per heavy atom. The minimum Gasteiger partial charge on any atom is -0.273 e. The molecule has 7 nitrogen and oxygen atoms in total. The highest BCUT2D eigenvalue weighted by atomic mass is 32.2. The number of nitrogens with one attached hydrogen (secondary N) is 2. The Kier molecular flexibility index (Phi) is 5.75. The summed E-state index contributed by atoms with van der Waals surface area (Å²) < 4.78 is 1.23. The average molecular weight is 334 g/mol. The molecule has 2 aromatic rings. The summed E-state index contributed by atoms with van der Waals surface area (Å²) in [6.07, 6.45) is 2.21. The third-order valence-electron chi connectivity index (χ3n) is 3.23. The highest BCUT2D eigenvalue weighted by molar-refractivity contribution is 7.98. The summed E-state index contributed by atoms with van der Waals surface area (Å²) in [6, 6.07) is 6.77. The van der Waals surface area contributed by atoms with Gasteiger partial charge < -0.3 is 0 Å². The Bertz CT molecular complexity index is 788. The third kappa shape index (κ3) is 3.89. The normalized spacial score (nSPS) is 10.5. The fourth-order valence-electron chi connectivity index (χ4n) is 2.06. The van der Waals surface area contributed by atoms with Crippen LogP contribution in [0.25, 0.3) is 10.8 Å². The van der Waals surface area contributed by atoms with Crippen LogP contribution in [-0.4, -0.2) is 33.6 Å². The average Bonchev–Trinajstić information content (AvgIpc) is 2.58. The minimum atomic E-state index is -0.555. The van der Waals surface area contributed by atoms with Crippen LogP contribution in [0.15, 0.2) is 29.1 Å². The van der Waals surface area contributed by atoms with Crippen molar-refractivity contribution in [2.45, 2.75) is 19.9 Å². The Balaban J connectivity index is 2.28. The van der Waals surface area contributed by atoms with Crippen molar-refractivity contribution >= 4 is 34.3 Å². The lowest BCUT2D eigenvalue weighted by Crippen LogP contribution is -2.42. The number of fused-ring (bicyclic) bond motifs is 1. The smallest absolute Gasteiger partial charge is 0.273 e. The molecular weight excluding hydrogens is 316 g/mol. The van der Waals surface area contributed by atoms with Crippen LogP contribution in [0, 0.1) is 0 Å². The standard InChI is InChI=1S/C15H18N4O3S/c1-3-19-15(22)11-7-5-4-6-10(11)13(18-19)14(21)17-16-12(20)8-9-23-2/h4-7H,3,8-9H2,1-2H3,(H,16,20)(H,17,21). The summed E-state index contributed by atoms with van der Waals surface area (Å²) in [5.74, 6) is -0.162. The molecule has 0 spiro atoms. The van der Waals surface area contributed by atoms with Crippen LogP contribution in [0.1, 0.15) is 23.8 Å². The van der Waals surface area contributed by atoms with E-state index in [2.05, 4.69) is 16.0 Å². The van der Waals surface area contributed by atoms with Gasteiger partial charge in [-0.05, 0) is 19.2 Å². The van der Waals surface area contributed by atoms with E-state index in [1.165, 1.54) is 4.68 Å². The van der Waals surface area contributed by atoms with Gasteiger partial charge in [0.2, 0.25) is 5.91 Å². The Hall–Kier alpha value is -2.35. The van der Waals surface area contributed by atoms with E-state index in [9.17, 15) is 14.4 Å². The Morgan fingerprint density at radius 2 is 1.91 bits per heavy atom. The third-order valence-corrected chi connectivity index (χ3v) is 3.84. The molecule has 0 aliphatic rings. The zero-order chi connectivity index (χ0) is 16.8. The lowest BCUT2D eigenvalue weighted by molar-refractivity contribution is -0.121. The van der Waals surface area contributed by atoms with Gasteiger partial charge in [-0.2, -0.15) is 16.9 Å². The van der Waals surface area contributed by atoms with Crippen molar-refractivity contribution in [1.29, 1.82) is 0 Å². The van der Waals surface area contributed by atoms with Crippen molar-refractivity contribution in [2.75, 3.05) is 12.0 Å². The molecule has 0 saturated heterocycles. The molecule has 8 heteroatoms. The van der Waals surface area contributed by atoms with E-state index in [4.69, 9.17) is 0 Å². The molecule has 1 heterocycles. The first kappa shape index (κ1) is 17.0. The summed E-state index contributed by atoms with van der Waals surface area (Å²) in [4.78, 5) is 36.1. The number of hydrogen-bond donors (Lipinski definition) is 2. The topological polar surface area (TPSA) is 93.1 Å². The number of carbonyl (C=O) groups is 2. The van der Waals surface area contributed by atoms with Gasteiger partial charge in [-0.3, -0.25) is 25.2 Å². The maximum absolute atomic E-state index is 12.3. The van der Waals surface area contributed by atoms with Crippen LogP contribution >= 0.6 is 11.8 Å². The van der Waals surface area contributed by atoms with Crippen molar-refractivity contribution < 1.29 is 9.59 Å². The van der Waals surface area contributed by atoms with Gasteiger partial charge >= 0.3 is 0 Å². The van der Waals surface area contributed by atoms with Crippen LogP contribution in [0.3, 0.4) is 0 Å². The molecule has 0 aliphatic heterocycles. The Morgan fingerprint density at radius 1 is 1.22 bits per heavy atom. The van der Waals surface area contributed by atoms with Gasteiger partial charge in [-0.25, -0.2) is 4.68 Å². The molecule has 2 rings (SSSR count). The van der Waals surface area contributed by atoms with Gasteiger partial charge in [-0.1, -0.05) is 18.2 Å². The van der Waals surface area contributed by atoms with E-state index in [1.807, 2.05) is 6.26 Å². The van der Waals surface area contributed by atoms with Gasteiger partial charge in [0.25, 0.3) is 11.5 Å². The molecule has 2 N–H and O–H groups in total. The van der Waals surface area contributed by atoms with Crippen LogP contribution in [0.5, 0.6) is 0 Å². The monoisotopic (exact) mass is 334 g/mol. The molecule has 0 saturated carbocycles. The van der Waals surface area contributed by atoms with E-state index < -0.39 is 5.91 Å². The largest absolute Gasteiger partial charge is 0.290 e. The summed E-state index contributed by atoms with van der Waals surface area (Å²) in [6.45, 7) is 2.12. The van der Waals surface area contributed by atoms with Crippen molar-refractivity contribution in [3.8, 4) is 0 Å². The van der Waals surface area contributed by atoms with Crippen LogP contribution < -0.4 is 16.4 Å². The van der Waals surface area contributed by atoms with Gasteiger partial charge in [-0.15, -0.1) is 0 Å². The number of hydrazine groups is 1. The molecule has 0 unspecified atom stereocenters. The SMILES string of the molecule is CCn1nc(C(=O)NNC(=O)CCSC)c2ccccc2c1=O. The van der Waals surface area contributed by atoms with Crippen molar-refractivity contribution in [2.24, 2.45) is 0 Å². The predicted molar refractivity (Wildman–Crippen MR) is 90.3 cm³/mol. The number of benzene rings is 1. The van der Waals surface area contributed by atoms with Gasteiger partial charge in [0, 0.05) is 24.1 Å². The molecular formula is C15H18N4O3S. The van der Waals surface area contributed by atoms with Crippen molar-refractivity contribution in [3.63, 3.8) is 0 Å². The van der Waals surface area contributed by atoms with Crippen molar-refractivity contribution in [3.05, 3.63) is 40.3 Å². The number of nitrogens with zero attached hydrogens (tertiary/aromatic N) is 2. The second-order valence-corrected chi connectivity index (χ2v) is 5.75. The predicted octanol–water partition coefficient (Wildman–Crippen LogP) is 0.931. The van der Waals surface area contributed by atoms with Gasteiger partial charge in [0.05, 0.1) is 5.39 Å². The van der Waals surface area contributed by atoms with Crippen LogP contribution in [0.4, 0.5) is 0 Å². The number of hydrogen-bond acceptors (Lipinski definition) is 5. The number of aryl methyl sites for hydroxylation is 1. The van der Waals surface area contributed by atoms with E-state index in [-0.39, 0.29) is 17.2 Å². The zero-order valence-electron chi connectivity index (χ0n) is 13.0. The number of rotatable bonds is 5. The molecule has 1 aromatic heterocycles. The molecule has 23 heavy (non-hydrogen) atoms. The number of thioether (sulfide) groups is 1. The van der Waals surface area contributed by atoms with E-state index in [0.29, 0.717) is 29.5 Å². The highest BCUT2D eigenvalue weighted by Crippen LogP contribution is 2.12. The molecule has 0 atom stereocenters. The first-order valence-electron chi connectivity index (χ1n) is 7.16. The second-order valence-electron chi connectivity index (χ2n) is 4.76. The quantitative estimate of drug-likeness (QED) is 0.794. The number of aromatic nitrogens is 2. The second kappa shape index (κ2) is 7.77. The van der Waals surface area contributed by atoms with Gasteiger partial charge in [0.1, 0.15) is 0 Å². The van der Waals surface area contributed by atoms with Crippen molar-refractivity contribution in [1.82, 2.24) is 20.6 Å². The van der Waals surface area contributed by atoms with Gasteiger partial charge in [0.15, 0.2) is 5.69 Å². The maximum Gasteiger partial charge on any atom is 0.290 e. The van der Waals surface area contributed by atoms with E-state index in [1.54, 1.807) is 43.0 Å². The molecule has 2 amide bonds. The summed E-state index contributed by atoms with van der Waals surface area (Å²) in [7, 11) is 0. The fourth-order valence-corrected chi connectivity index (χ4v) is 2.45. The molecule has 0 fully saturated rings. The summed E-state index contributed by atoms with van der Waals surface area (Å²) in [5.41, 5.74) is 4.56. The maximum atomic E-state index is 12.3. The highest BCUT2D eigenvalue weighted by Gasteiger charge is 2.16. The Labute approximate surface area is 137 Å². The summed E-state index contributed by atoms with van der Waals surface area (Å²) in [5, 5.41) is 4.97. The molecule has 0 radical (unpaired) electrons. The van der Waals surface area contributed by atoms with Crippen LogP contribution in [0.2, 0.25) is 0 Å². The zero-order valence-corrected chi connectivity index (χ0v) is 13.8. The molecule has 0 aliphatic carbocycles. The molecule has 122 valence electrons. The first-order chi connectivity index (χ1) is 11.1. The number of amides is 2. The molecule has 1 aromatic carbocycles. The minimum absolute atomic E-state index is 0.104. The lowest BCUT2D eigenvalue weighted by Gasteiger charge is -2.10. The van der Waals surface area contributed by atoms with E-state index >= 15 is 0 Å². The van der Waals surface area contributed by atoms with E-state index in [0.717, 1.165) is 0 Å². The first-order valence-corrected chi connectivity index (χ1v) is 8.55.